The molecule has 0 atom stereocenters. The molecule has 0 spiro atoms. The molecule has 0 saturated heterocycles. The third-order valence-electron chi connectivity index (χ3n) is 3.94. The molecule has 0 N–H and O–H groups in total. The third kappa shape index (κ3) is 3.81. The molecule has 0 aromatic heterocycles. The van der Waals surface area contributed by atoms with E-state index in [2.05, 4.69) is 104 Å². The van der Waals surface area contributed by atoms with Crippen molar-refractivity contribution in [2.24, 2.45) is 0 Å². The van der Waals surface area contributed by atoms with Gasteiger partial charge in [0.05, 0.1) is 0 Å². The van der Waals surface area contributed by atoms with E-state index in [1.54, 1.807) is 0 Å². The van der Waals surface area contributed by atoms with Gasteiger partial charge in [0, 0.05) is 25.9 Å². The number of rotatable bonds is 5. The Morgan fingerprint density at radius 1 is 0.652 bits per heavy atom. The lowest BCUT2D eigenvalue weighted by molar-refractivity contribution is 1.11. The second-order valence-corrected chi connectivity index (χ2v) is 7.99. The van der Waals surface area contributed by atoms with Gasteiger partial charge < -0.3 is 4.90 Å². The zero-order valence-electron chi connectivity index (χ0n) is 13.7. The molecule has 0 radical (unpaired) electrons. The maximum atomic E-state index is 2.26. The van der Waals surface area contributed by atoms with Crippen LogP contribution in [0.2, 0.25) is 0 Å². The van der Waals surface area contributed by atoms with Gasteiger partial charge in [0.1, 0.15) is 0 Å². The van der Waals surface area contributed by atoms with Crippen molar-refractivity contribution in [3.05, 3.63) is 90.5 Å². The molecular weight excluding hydrogens is 297 g/mol. The summed E-state index contributed by atoms with van der Waals surface area (Å²) in [6.45, 7) is 0. The normalized spacial score (nSPS) is 10.7. The van der Waals surface area contributed by atoms with Gasteiger partial charge in [-0.3, -0.25) is 0 Å². The minimum atomic E-state index is -0.395. The van der Waals surface area contributed by atoms with Crippen LogP contribution in [-0.4, -0.2) is 14.1 Å². The highest BCUT2D eigenvalue weighted by molar-refractivity contribution is 7.72. The predicted octanol–water partition coefficient (Wildman–Crippen LogP) is 4.39. The van der Waals surface area contributed by atoms with Gasteiger partial charge >= 0.3 is 0 Å². The molecule has 23 heavy (non-hydrogen) atoms. The van der Waals surface area contributed by atoms with Crippen LogP contribution in [0.5, 0.6) is 0 Å². The topological polar surface area (TPSA) is 3.24 Å². The molecule has 2 heteroatoms. The summed E-state index contributed by atoms with van der Waals surface area (Å²) in [6, 6.07) is 30.5. The number of anilines is 1. The highest BCUT2D eigenvalue weighted by Crippen LogP contribution is 2.40. The van der Waals surface area contributed by atoms with Crippen molar-refractivity contribution in [1.82, 2.24) is 0 Å². The fraction of sp³-hybridized carbons (Fsp3) is 0.143. The molecule has 0 bridgehead atoms. The molecule has 3 aromatic carbocycles. The van der Waals surface area contributed by atoms with Crippen LogP contribution in [0, 0.1) is 0 Å². The lowest BCUT2D eigenvalue weighted by Gasteiger charge is -2.23. The fourth-order valence-electron chi connectivity index (χ4n) is 2.80. The third-order valence-corrected chi connectivity index (χ3v) is 6.44. The Bertz CT molecular complexity index is 699. The minimum Gasteiger partial charge on any atom is -0.377 e. The Hall–Kier alpha value is -2.11. The summed E-state index contributed by atoms with van der Waals surface area (Å²) in [6.07, 6.45) is 1.07. The number of benzene rings is 3. The summed E-state index contributed by atoms with van der Waals surface area (Å²) in [4.78, 5) is 2.21. The van der Waals surface area contributed by atoms with Crippen LogP contribution in [0.1, 0.15) is 5.56 Å². The van der Waals surface area contributed by atoms with E-state index in [-0.39, 0.29) is 0 Å². The molecular formula is C21H22NP. The summed E-state index contributed by atoms with van der Waals surface area (Å²) in [5.41, 5.74) is 2.73. The van der Waals surface area contributed by atoms with Crippen LogP contribution in [0.25, 0.3) is 0 Å². The summed E-state index contributed by atoms with van der Waals surface area (Å²) < 4.78 is 0. The zero-order valence-corrected chi connectivity index (χ0v) is 14.6. The highest BCUT2D eigenvalue weighted by atomic mass is 31.1. The predicted molar refractivity (Wildman–Crippen MR) is 104 cm³/mol. The van der Waals surface area contributed by atoms with Gasteiger partial charge in [-0.15, -0.1) is 0 Å². The molecule has 0 aliphatic rings. The Morgan fingerprint density at radius 2 is 1.13 bits per heavy atom. The van der Waals surface area contributed by atoms with Gasteiger partial charge in [0.2, 0.25) is 0 Å². The quantitative estimate of drug-likeness (QED) is 0.631. The van der Waals surface area contributed by atoms with E-state index < -0.39 is 7.92 Å². The van der Waals surface area contributed by atoms with Crippen molar-refractivity contribution >= 4 is 24.2 Å². The first-order valence-corrected chi connectivity index (χ1v) is 9.41. The van der Waals surface area contributed by atoms with E-state index >= 15 is 0 Å². The molecule has 0 fully saturated rings. The van der Waals surface area contributed by atoms with Crippen molar-refractivity contribution in [3.63, 3.8) is 0 Å². The SMILES string of the molecule is CN(C)c1ccccc1CP(c1ccccc1)c1ccccc1. The first-order valence-electron chi connectivity index (χ1n) is 7.88. The molecule has 116 valence electrons. The molecule has 0 heterocycles. The summed E-state index contributed by atoms with van der Waals surface area (Å²) >= 11 is 0. The van der Waals surface area contributed by atoms with Crippen LogP contribution in [0.3, 0.4) is 0 Å². The maximum Gasteiger partial charge on any atom is 0.0397 e. The molecule has 0 aliphatic carbocycles. The van der Waals surface area contributed by atoms with Crippen LogP contribution >= 0.6 is 7.92 Å². The Morgan fingerprint density at radius 3 is 1.65 bits per heavy atom. The van der Waals surface area contributed by atoms with E-state index in [9.17, 15) is 0 Å². The molecule has 1 nitrogen and oxygen atoms in total. The average Bonchev–Trinajstić information content (AvgIpc) is 2.61. The van der Waals surface area contributed by atoms with Crippen molar-refractivity contribution in [2.45, 2.75) is 6.16 Å². The first-order chi connectivity index (χ1) is 11.3. The number of hydrogen-bond acceptors (Lipinski definition) is 1. The second kappa shape index (κ2) is 7.44. The van der Waals surface area contributed by atoms with Gasteiger partial charge in [-0.25, -0.2) is 0 Å². The maximum absolute atomic E-state index is 2.26. The van der Waals surface area contributed by atoms with Gasteiger partial charge in [-0.2, -0.15) is 0 Å². The molecule has 3 aromatic rings. The molecule has 3 rings (SSSR count). The lowest BCUT2D eigenvalue weighted by atomic mass is 10.2. The smallest absolute Gasteiger partial charge is 0.0397 e. The van der Waals surface area contributed by atoms with E-state index in [1.165, 1.54) is 21.9 Å². The van der Waals surface area contributed by atoms with Gasteiger partial charge in [0.25, 0.3) is 0 Å². The minimum absolute atomic E-state index is 0.395. The van der Waals surface area contributed by atoms with Crippen LogP contribution in [0.4, 0.5) is 5.69 Å². The van der Waals surface area contributed by atoms with Crippen molar-refractivity contribution < 1.29 is 0 Å². The van der Waals surface area contributed by atoms with E-state index in [4.69, 9.17) is 0 Å². The zero-order chi connectivity index (χ0) is 16.1. The van der Waals surface area contributed by atoms with Gasteiger partial charge in [-0.1, -0.05) is 78.9 Å². The Labute approximate surface area is 140 Å². The largest absolute Gasteiger partial charge is 0.377 e. The number of para-hydroxylation sites is 1. The molecule has 0 amide bonds. The summed E-state index contributed by atoms with van der Waals surface area (Å²) in [5, 5.41) is 2.87. The van der Waals surface area contributed by atoms with Gasteiger partial charge in [-0.05, 0) is 30.2 Å². The standard InChI is InChI=1S/C21H22NP/c1-22(2)21-16-10-9-11-18(21)17-23(19-12-5-3-6-13-19)20-14-7-4-8-15-20/h3-16H,17H2,1-2H3. The van der Waals surface area contributed by atoms with Crippen LogP contribution in [0.15, 0.2) is 84.9 Å². The highest BCUT2D eigenvalue weighted by Gasteiger charge is 2.16. The Balaban J connectivity index is 2.01. The van der Waals surface area contributed by atoms with Crippen molar-refractivity contribution in [2.75, 3.05) is 19.0 Å². The molecule has 0 aliphatic heterocycles. The summed E-state index contributed by atoms with van der Waals surface area (Å²) in [7, 11) is 3.84. The fourth-order valence-corrected chi connectivity index (χ4v) is 5.13. The van der Waals surface area contributed by atoms with Crippen LogP contribution in [-0.2, 0) is 6.16 Å². The number of hydrogen-bond donors (Lipinski definition) is 0. The van der Waals surface area contributed by atoms with Crippen molar-refractivity contribution in [1.29, 1.82) is 0 Å². The Kier molecular flexibility index (Phi) is 5.10. The van der Waals surface area contributed by atoms with Crippen LogP contribution < -0.4 is 15.5 Å². The number of nitrogens with zero attached hydrogens (tertiary/aromatic N) is 1. The second-order valence-electron chi connectivity index (χ2n) is 5.78. The van der Waals surface area contributed by atoms with Crippen molar-refractivity contribution in [3.8, 4) is 0 Å². The lowest BCUT2D eigenvalue weighted by Crippen LogP contribution is -2.15. The van der Waals surface area contributed by atoms with E-state index in [0.29, 0.717) is 0 Å². The first kappa shape index (κ1) is 15.8. The van der Waals surface area contributed by atoms with E-state index in [1.807, 2.05) is 0 Å². The molecule has 0 saturated carbocycles. The summed E-state index contributed by atoms with van der Waals surface area (Å²) in [5.74, 6) is 0. The molecule has 0 unspecified atom stereocenters. The average molecular weight is 319 g/mol. The monoisotopic (exact) mass is 319 g/mol. The van der Waals surface area contributed by atoms with Gasteiger partial charge in [0.15, 0.2) is 0 Å². The van der Waals surface area contributed by atoms with E-state index in [0.717, 1.165) is 6.16 Å².